The molecule has 2 N–H and O–H groups in total. The highest BCUT2D eigenvalue weighted by Crippen LogP contribution is 2.32. The molecule has 0 aliphatic heterocycles. The number of hydrogen-bond acceptors (Lipinski definition) is 2. The minimum atomic E-state index is -0.0405. The van der Waals surface area contributed by atoms with Crippen LogP contribution in [0.5, 0.6) is 0 Å². The molecule has 1 saturated carbocycles. The van der Waals surface area contributed by atoms with Gasteiger partial charge in [0.1, 0.15) is 5.69 Å². The lowest BCUT2D eigenvalue weighted by atomic mass is 9.93. The molecule has 0 saturated heterocycles. The molecule has 4 nitrogen and oxygen atoms in total. The third kappa shape index (κ3) is 3.00. The van der Waals surface area contributed by atoms with Gasteiger partial charge in [0, 0.05) is 18.8 Å². The zero-order valence-electron chi connectivity index (χ0n) is 12.0. The molecule has 21 heavy (non-hydrogen) atoms. The van der Waals surface area contributed by atoms with Crippen LogP contribution in [-0.4, -0.2) is 15.6 Å². The second-order valence-electron chi connectivity index (χ2n) is 5.55. The SMILES string of the molecule is O=C(NCc1cccc(CO)c1)c1cccn1C1CCC1. The van der Waals surface area contributed by atoms with Gasteiger partial charge < -0.3 is 15.0 Å². The average Bonchev–Trinajstić information content (AvgIpc) is 2.92. The van der Waals surface area contributed by atoms with Gasteiger partial charge in [-0.1, -0.05) is 24.3 Å². The summed E-state index contributed by atoms with van der Waals surface area (Å²) >= 11 is 0. The highest BCUT2D eigenvalue weighted by molar-refractivity contribution is 5.92. The quantitative estimate of drug-likeness (QED) is 0.887. The van der Waals surface area contributed by atoms with Crippen molar-refractivity contribution >= 4 is 5.91 Å². The van der Waals surface area contributed by atoms with Gasteiger partial charge in [-0.2, -0.15) is 0 Å². The second-order valence-corrected chi connectivity index (χ2v) is 5.55. The number of nitrogens with one attached hydrogen (secondary N) is 1. The summed E-state index contributed by atoms with van der Waals surface area (Å²) in [6.45, 7) is 0.495. The van der Waals surface area contributed by atoms with Gasteiger partial charge in [0.2, 0.25) is 0 Å². The molecule has 1 aliphatic rings. The molecular formula is C17H20N2O2. The van der Waals surface area contributed by atoms with Crippen molar-refractivity contribution in [1.29, 1.82) is 0 Å². The second kappa shape index (κ2) is 6.14. The normalized spacial score (nSPS) is 14.7. The van der Waals surface area contributed by atoms with Crippen LogP contribution in [0.2, 0.25) is 0 Å². The molecule has 110 valence electrons. The van der Waals surface area contributed by atoms with Crippen molar-refractivity contribution in [2.75, 3.05) is 0 Å². The molecule has 4 heteroatoms. The predicted octanol–water partition coefficient (Wildman–Crippen LogP) is 2.64. The highest BCUT2D eigenvalue weighted by atomic mass is 16.3. The summed E-state index contributed by atoms with van der Waals surface area (Å²) in [4.78, 5) is 12.3. The number of carbonyl (C=O) groups is 1. The summed E-state index contributed by atoms with van der Waals surface area (Å²) in [5.41, 5.74) is 2.59. The number of nitrogens with zero attached hydrogens (tertiary/aromatic N) is 1. The Morgan fingerprint density at radius 3 is 2.76 bits per heavy atom. The lowest BCUT2D eigenvalue weighted by Gasteiger charge is -2.28. The summed E-state index contributed by atoms with van der Waals surface area (Å²) in [5, 5.41) is 12.1. The third-order valence-corrected chi connectivity index (χ3v) is 4.11. The Morgan fingerprint density at radius 1 is 1.24 bits per heavy atom. The van der Waals surface area contributed by atoms with Gasteiger partial charge in [-0.3, -0.25) is 4.79 Å². The van der Waals surface area contributed by atoms with Crippen molar-refractivity contribution in [3.05, 3.63) is 59.4 Å². The smallest absolute Gasteiger partial charge is 0.268 e. The van der Waals surface area contributed by atoms with Crippen molar-refractivity contribution in [3.63, 3.8) is 0 Å². The third-order valence-electron chi connectivity index (χ3n) is 4.11. The van der Waals surface area contributed by atoms with Crippen LogP contribution in [0.25, 0.3) is 0 Å². The van der Waals surface area contributed by atoms with Gasteiger partial charge in [-0.15, -0.1) is 0 Å². The van der Waals surface area contributed by atoms with E-state index >= 15 is 0 Å². The lowest BCUT2D eigenvalue weighted by molar-refractivity contribution is 0.0936. The van der Waals surface area contributed by atoms with Gasteiger partial charge in [0.15, 0.2) is 0 Å². The molecule has 0 spiro atoms. The number of aliphatic hydroxyl groups is 1. The van der Waals surface area contributed by atoms with Crippen LogP contribution in [0.4, 0.5) is 0 Å². The minimum Gasteiger partial charge on any atom is -0.392 e. The number of rotatable bonds is 5. The molecule has 3 rings (SSSR count). The summed E-state index contributed by atoms with van der Waals surface area (Å²) in [7, 11) is 0. The van der Waals surface area contributed by atoms with Crippen LogP contribution in [0.3, 0.4) is 0 Å². The van der Waals surface area contributed by atoms with Crippen molar-refractivity contribution < 1.29 is 9.90 Å². The molecule has 2 aromatic rings. The number of amides is 1. The zero-order valence-corrected chi connectivity index (χ0v) is 12.0. The summed E-state index contributed by atoms with van der Waals surface area (Å²) < 4.78 is 2.09. The van der Waals surface area contributed by atoms with Gasteiger partial charge in [0.25, 0.3) is 5.91 Å². The molecule has 1 aliphatic carbocycles. The molecule has 1 amide bonds. The minimum absolute atomic E-state index is 0.0202. The molecule has 1 heterocycles. The van der Waals surface area contributed by atoms with E-state index in [1.54, 1.807) is 0 Å². The maximum Gasteiger partial charge on any atom is 0.268 e. The molecule has 1 fully saturated rings. The number of aliphatic hydroxyl groups excluding tert-OH is 1. The Kier molecular flexibility index (Phi) is 4.06. The summed E-state index contributed by atoms with van der Waals surface area (Å²) in [6.07, 6.45) is 5.56. The molecule has 0 unspecified atom stereocenters. The molecule has 1 aromatic carbocycles. The van der Waals surface area contributed by atoms with E-state index in [0.29, 0.717) is 12.6 Å². The van der Waals surface area contributed by atoms with Crippen molar-refractivity contribution in [2.24, 2.45) is 0 Å². The van der Waals surface area contributed by atoms with Crippen LogP contribution in [0.15, 0.2) is 42.6 Å². The van der Waals surface area contributed by atoms with Crippen molar-refractivity contribution in [1.82, 2.24) is 9.88 Å². The van der Waals surface area contributed by atoms with E-state index in [4.69, 9.17) is 5.11 Å². The fraction of sp³-hybridized carbons (Fsp3) is 0.353. The first-order valence-electron chi connectivity index (χ1n) is 7.41. The first-order valence-corrected chi connectivity index (χ1v) is 7.41. The fourth-order valence-electron chi connectivity index (χ4n) is 2.68. The standard InChI is InChI=1S/C17H20N2O2/c20-12-14-5-1-4-13(10-14)11-18-17(21)16-8-3-9-19(16)15-6-2-7-15/h1,3-5,8-10,15,20H,2,6-7,11-12H2,(H,18,21). The molecule has 0 atom stereocenters. The van der Waals surface area contributed by atoms with Crippen LogP contribution < -0.4 is 5.32 Å². The average molecular weight is 284 g/mol. The van der Waals surface area contributed by atoms with Gasteiger partial charge in [0.05, 0.1) is 6.61 Å². The topological polar surface area (TPSA) is 54.3 Å². The number of hydrogen-bond donors (Lipinski definition) is 2. The number of aromatic nitrogens is 1. The number of carbonyl (C=O) groups excluding carboxylic acids is 1. The van der Waals surface area contributed by atoms with E-state index in [1.807, 2.05) is 42.6 Å². The Bertz CT molecular complexity index is 629. The number of benzene rings is 1. The van der Waals surface area contributed by atoms with Crippen LogP contribution >= 0.6 is 0 Å². The summed E-state index contributed by atoms with van der Waals surface area (Å²) in [6, 6.07) is 11.9. The van der Waals surface area contributed by atoms with Crippen LogP contribution in [0, 0.1) is 0 Å². The highest BCUT2D eigenvalue weighted by Gasteiger charge is 2.22. The Labute approximate surface area is 124 Å². The molecule has 1 aromatic heterocycles. The maximum absolute atomic E-state index is 12.3. The predicted molar refractivity (Wildman–Crippen MR) is 80.9 cm³/mol. The molecule has 0 bridgehead atoms. The maximum atomic E-state index is 12.3. The fourth-order valence-corrected chi connectivity index (χ4v) is 2.68. The Morgan fingerprint density at radius 2 is 2.05 bits per heavy atom. The van der Waals surface area contributed by atoms with Crippen molar-refractivity contribution in [3.8, 4) is 0 Å². The Balaban J connectivity index is 1.65. The lowest BCUT2D eigenvalue weighted by Crippen LogP contribution is -2.28. The monoisotopic (exact) mass is 284 g/mol. The first-order chi connectivity index (χ1) is 10.3. The first kappa shape index (κ1) is 13.9. The van der Waals surface area contributed by atoms with Gasteiger partial charge in [-0.25, -0.2) is 0 Å². The van der Waals surface area contributed by atoms with E-state index in [9.17, 15) is 4.79 Å². The molecule has 0 radical (unpaired) electrons. The van der Waals surface area contributed by atoms with Gasteiger partial charge >= 0.3 is 0 Å². The van der Waals surface area contributed by atoms with Gasteiger partial charge in [-0.05, 0) is 42.5 Å². The zero-order chi connectivity index (χ0) is 14.7. The van der Waals surface area contributed by atoms with E-state index < -0.39 is 0 Å². The largest absolute Gasteiger partial charge is 0.392 e. The van der Waals surface area contributed by atoms with Crippen LogP contribution in [-0.2, 0) is 13.2 Å². The van der Waals surface area contributed by atoms with Crippen LogP contribution in [0.1, 0.15) is 46.9 Å². The summed E-state index contributed by atoms with van der Waals surface area (Å²) in [5.74, 6) is -0.0405. The molecular weight excluding hydrogens is 264 g/mol. The van der Waals surface area contributed by atoms with E-state index in [1.165, 1.54) is 6.42 Å². The van der Waals surface area contributed by atoms with E-state index in [0.717, 1.165) is 29.7 Å². The Hall–Kier alpha value is -2.07. The van der Waals surface area contributed by atoms with E-state index in [-0.39, 0.29) is 12.5 Å². The van der Waals surface area contributed by atoms with E-state index in [2.05, 4.69) is 9.88 Å². The van der Waals surface area contributed by atoms with Crippen molar-refractivity contribution in [2.45, 2.75) is 38.5 Å².